The molecule has 0 aliphatic carbocycles. The van der Waals surface area contributed by atoms with E-state index in [4.69, 9.17) is 4.74 Å². The maximum absolute atomic E-state index is 12.5. The molecule has 0 bridgehead atoms. The smallest absolute Gasteiger partial charge is 0.338 e. The number of ether oxygens (including phenoxy) is 2. The minimum absolute atomic E-state index is 0.0365. The molecule has 0 spiro atoms. The fraction of sp³-hybridized carbons (Fsp3) is 0.250. The van der Waals surface area contributed by atoms with Gasteiger partial charge in [0, 0.05) is 11.8 Å². The van der Waals surface area contributed by atoms with Crippen molar-refractivity contribution in [2.45, 2.75) is 12.7 Å². The zero-order valence-electron chi connectivity index (χ0n) is 14.7. The van der Waals surface area contributed by atoms with Gasteiger partial charge in [-0.05, 0) is 30.1 Å². The minimum atomic E-state index is -3.94. The number of carbonyl (C=O) groups excluding carboxylic acids is 1. The van der Waals surface area contributed by atoms with Crippen LogP contribution in [0.2, 0.25) is 0 Å². The number of rotatable bonds is 5. The lowest BCUT2D eigenvalue weighted by atomic mass is 10.1. The third kappa shape index (κ3) is 4.14. The van der Waals surface area contributed by atoms with Gasteiger partial charge in [0.1, 0.15) is 0 Å². The monoisotopic (exact) mass is 408 g/mol. The third-order valence-corrected chi connectivity index (χ3v) is 5.82. The Kier molecular flexibility index (Phi) is 5.24. The fourth-order valence-electron chi connectivity index (χ4n) is 2.39. The van der Waals surface area contributed by atoms with Crippen LogP contribution in [-0.4, -0.2) is 42.4 Å². The first kappa shape index (κ1) is 19.0. The fourth-order valence-corrected chi connectivity index (χ4v) is 4.49. The van der Waals surface area contributed by atoms with E-state index in [1.54, 1.807) is 28.1 Å². The predicted molar refractivity (Wildman–Crippen MR) is 98.1 cm³/mol. The molecule has 0 radical (unpaired) electrons. The maximum Gasteiger partial charge on any atom is 0.338 e. The highest BCUT2D eigenvalue weighted by molar-refractivity contribution is 7.89. The molecule has 0 saturated heterocycles. The van der Waals surface area contributed by atoms with Gasteiger partial charge in [0.15, 0.2) is 0 Å². The van der Waals surface area contributed by atoms with Gasteiger partial charge in [0.2, 0.25) is 16.5 Å². The van der Waals surface area contributed by atoms with Crippen LogP contribution < -0.4 is 9.54 Å². The van der Waals surface area contributed by atoms with Crippen LogP contribution >= 0.6 is 11.5 Å². The molecule has 142 valence electrons. The molecule has 9 nitrogen and oxygen atoms in total. The highest BCUT2D eigenvalue weighted by Gasteiger charge is 2.18. The molecule has 0 saturated carbocycles. The van der Waals surface area contributed by atoms with Crippen LogP contribution in [0, 0.1) is 6.92 Å². The number of benzene rings is 1. The standard InChI is InChI=1S/C16H16N4O5S2/c1-10-8-13(24-2)17-15-18-16(26-20(10)15)19-27(22,23)9-11-6-4-5-7-12(11)14(21)25-3/h4-8H,9H2,1-3H3. The summed E-state index contributed by atoms with van der Waals surface area (Å²) in [5.41, 5.74) is 1.27. The Morgan fingerprint density at radius 3 is 2.70 bits per heavy atom. The number of hydrogen-bond acceptors (Lipinski definition) is 8. The lowest BCUT2D eigenvalue weighted by molar-refractivity contribution is 0.0600. The van der Waals surface area contributed by atoms with Crippen molar-refractivity contribution in [2.24, 2.45) is 4.40 Å². The topological polar surface area (TPSA) is 112 Å². The number of hydrogen-bond donors (Lipinski definition) is 0. The highest BCUT2D eigenvalue weighted by atomic mass is 32.2. The van der Waals surface area contributed by atoms with E-state index in [9.17, 15) is 13.2 Å². The van der Waals surface area contributed by atoms with Crippen molar-refractivity contribution in [2.75, 3.05) is 14.2 Å². The van der Waals surface area contributed by atoms with Crippen molar-refractivity contribution in [1.82, 2.24) is 13.8 Å². The molecular formula is C16H16N4O5S2. The number of fused-ring (bicyclic) bond motifs is 1. The Morgan fingerprint density at radius 2 is 2.00 bits per heavy atom. The van der Waals surface area contributed by atoms with Gasteiger partial charge in [0.05, 0.1) is 25.5 Å². The summed E-state index contributed by atoms with van der Waals surface area (Å²) in [5.74, 6) is -0.391. The number of carbonyl (C=O) groups is 1. The molecule has 3 rings (SSSR count). The van der Waals surface area contributed by atoms with Gasteiger partial charge in [-0.25, -0.2) is 17.0 Å². The molecule has 0 fully saturated rings. The number of nitrogens with zero attached hydrogens (tertiary/aromatic N) is 4. The molecule has 1 aromatic carbocycles. The van der Waals surface area contributed by atoms with Crippen molar-refractivity contribution in [3.8, 4) is 5.88 Å². The number of esters is 1. The average molecular weight is 408 g/mol. The van der Waals surface area contributed by atoms with Gasteiger partial charge in [-0.3, -0.25) is 0 Å². The Morgan fingerprint density at radius 1 is 1.26 bits per heavy atom. The summed E-state index contributed by atoms with van der Waals surface area (Å²) in [7, 11) is -1.21. The van der Waals surface area contributed by atoms with Crippen molar-refractivity contribution in [1.29, 1.82) is 0 Å². The molecule has 0 aliphatic heterocycles. The number of aromatic nitrogens is 3. The first-order valence-corrected chi connectivity index (χ1v) is 10.1. The van der Waals surface area contributed by atoms with Crippen molar-refractivity contribution in [3.05, 3.63) is 52.0 Å². The number of sulfonamides is 1. The lowest BCUT2D eigenvalue weighted by Crippen LogP contribution is -2.12. The van der Waals surface area contributed by atoms with E-state index in [1.807, 2.05) is 6.92 Å². The van der Waals surface area contributed by atoms with Gasteiger partial charge in [-0.2, -0.15) is 9.97 Å². The second-order valence-corrected chi connectivity index (χ2v) is 8.03. The van der Waals surface area contributed by atoms with E-state index in [-0.39, 0.29) is 10.4 Å². The molecular weight excluding hydrogens is 392 g/mol. The first-order chi connectivity index (χ1) is 12.8. The molecule has 27 heavy (non-hydrogen) atoms. The SMILES string of the molecule is COC(=O)c1ccccc1CS(=O)(=O)N=c1nc2nc(OC)cc(C)n2s1. The molecule has 0 N–H and O–H groups in total. The van der Waals surface area contributed by atoms with Crippen molar-refractivity contribution < 1.29 is 22.7 Å². The quantitative estimate of drug-likeness (QED) is 0.585. The molecule has 11 heteroatoms. The number of methoxy groups -OCH3 is 2. The van der Waals surface area contributed by atoms with Gasteiger partial charge >= 0.3 is 5.97 Å². The zero-order valence-corrected chi connectivity index (χ0v) is 16.4. The highest BCUT2D eigenvalue weighted by Crippen LogP contribution is 2.15. The van der Waals surface area contributed by atoms with Gasteiger partial charge in [-0.15, -0.1) is 4.40 Å². The second kappa shape index (κ2) is 7.45. The second-order valence-electron chi connectivity index (χ2n) is 5.49. The van der Waals surface area contributed by atoms with Crippen LogP contribution in [0.4, 0.5) is 0 Å². The zero-order chi connectivity index (χ0) is 19.6. The van der Waals surface area contributed by atoms with Crippen LogP contribution in [0.1, 0.15) is 21.6 Å². The Hall–Kier alpha value is -2.79. The summed E-state index contributed by atoms with van der Waals surface area (Å²) in [6, 6.07) is 8.03. The molecule has 2 aromatic heterocycles. The summed E-state index contributed by atoms with van der Waals surface area (Å²) in [4.78, 5) is 20.1. The van der Waals surface area contributed by atoms with E-state index in [1.165, 1.54) is 20.3 Å². The Bertz CT molecular complexity index is 1180. The molecule has 0 atom stereocenters. The van der Waals surface area contributed by atoms with Crippen molar-refractivity contribution in [3.63, 3.8) is 0 Å². The minimum Gasteiger partial charge on any atom is -0.481 e. The molecule has 0 amide bonds. The Labute approximate surface area is 159 Å². The van der Waals surface area contributed by atoms with Crippen LogP contribution in [0.15, 0.2) is 34.7 Å². The van der Waals surface area contributed by atoms with E-state index >= 15 is 0 Å². The van der Waals surface area contributed by atoms with E-state index in [2.05, 4.69) is 19.1 Å². The van der Waals surface area contributed by atoms with Crippen molar-refractivity contribution >= 4 is 33.3 Å². The molecule has 0 unspecified atom stereocenters. The first-order valence-electron chi connectivity index (χ1n) is 7.69. The van der Waals surface area contributed by atoms with E-state index in [0.717, 1.165) is 17.2 Å². The van der Waals surface area contributed by atoms with Crippen LogP contribution in [-0.2, 0) is 20.5 Å². The van der Waals surface area contributed by atoms with Crippen LogP contribution in [0.25, 0.3) is 5.78 Å². The summed E-state index contributed by atoms with van der Waals surface area (Å²) >= 11 is 1.05. The van der Waals surface area contributed by atoms with Gasteiger partial charge in [-0.1, -0.05) is 18.2 Å². The molecule has 0 aliphatic rings. The largest absolute Gasteiger partial charge is 0.481 e. The van der Waals surface area contributed by atoms with Crippen LogP contribution in [0.5, 0.6) is 5.88 Å². The average Bonchev–Trinajstić information content (AvgIpc) is 3.03. The third-order valence-electron chi connectivity index (χ3n) is 3.60. The van der Waals surface area contributed by atoms with Gasteiger partial charge < -0.3 is 9.47 Å². The van der Waals surface area contributed by atoms with Gasteiger partial charge in [0.25, 0.3) is 10.0 Å². The molecule has 2 heterocycles. The van der Waals surface area contributed by atoms with Crippen LogP contribution in [0.3, 0.4) is 0 Å². The summed E-state index contributed by atoms with van der Waals surface area (Å²) in [6.45, 7) is 1.82. The summed E-state index contributed by atoms with van der Waals surface area (Å²) < 4.78 is 40.2. The van der Waals surface area contributed by atoms with E-state index in [0.29, 0.717) is 17.2 Å². The normalized spacial score (nSPS) is 12.3. The Balaban J connectivity index is 2.01. The number of aryl methyl sites for hydroxylation is 1. The van der Waals surface area contributed by atoms with E-state index < -0.39 is 21.7 Å². The summed E-state index contributed by atoms with van der Waals surface area (Å²) in [6.07, 6.45) is 0. The maximum atomic E-state index is 12.5. The predicted octanol–water partition coefficient (Wildman–Crippen LogP) is 1.33. The summed E-state index contributed by atoms with van der Waals surface area (Å²) in [5, 5.41) is 0. The lowest BCUT2D eigenvalue weighted by Gasteiger charge is -2.05. The molecule has 3 aromatic rings.